The molecule has 2 aromatic carbocycles. The fourth-order valence-corrected chi connectivity index (χ4v) is 3.58. The summed E-state index contributed by atoms with van der Waals surface area (Å²) in [7, 11) is 2.94. The third kappa shape index (κ3) is 4.75. The van der Waals surface area contributed by atoms with Crippen LogP contribution in [0, 0.1) is 6.92 Å². The van der Waals surface area contributed by atoms with Crippen molar-refractivity contribution < 1.29 is 28.5 Å². The Bertz CT molecular complexity index is 1020. The highest BCUT2D eigenvalue weighted by Gasteiger charge is 2.39. The van der Waals surface area contributed by atoms with Gasteiger partial charge in [-0.1, -0.05) is 12.1 Å². The predicted octanol–water partition coefficient (Wildman–Crippen LogP) is 5.36. The average molecular weight is 441 g/mol. The lowest BCUT2D eigenvalue weighted by Gasteiger charge is -2.36. The second-order valence-electron chi connectivity index (χ2n) is 8.93. The van der Waals surface area contributed by atoms with Crippen LogP contribution >= 0.6 is 0 Å². The first-order chi connectivity index (χ1) is 15.0. The minimum Gasteiger partial charge on any atom is -0.496 e. The van der Waals surface area contributed by atoms with Crippen molar-refractivity contribution in [2.75, 3.05) is 20.8 Å². The summed E-state index contributed by atoms with van der Waals surface area (Å²) in [6.45, 7) is 13.9. The number of methoxy groups -OCH3 is 2. The highest BCUT2D eigenvalue weighted by atomic mass is 16.6. The van der Waals surface area contributed by atoms with Gasteiger partial charge in [0.15, 0.2) is 11.5 Å². The molecule has 0 saturated carbocycles. The number of hydrogen-bond donors (Lipinski definition) is 0. The van der Waals surface area contributed by atoms with Crippen molar-refractivity contribution in [3.05, 3.63) is 54.1 Å². The molecule has 0 spiro atoms. The van der Waals surface area contributed by atoms with E-state index in [9.17, 15) is 4.79 Å². The Labute approximate surface area is 190 Å². The number of benzene rings is 2. The Balaban J connectivity index is 2.00. The highest BCUT2D eigenvalue weighted by Crippen LogP contribution is 2.40. The number of carbonyl (C=O) groups is 1. The lowest BCUT2D eigenvalue weighted by atomic mass is 9.98. The molecule has 1 heterocycles. The van der Waals surface area contributed by atoms with Crippen molar-refractivity contribution in [2.24, 2.45) is 0 Å². The number of fused-ring (bicyclic) bond motifs is 1. The van der Waals surface area contributed by atoms with E-state index in [1.807, 2.05) is 58.9 Å². The van der Waals surface area contributed by atoms with Crippen molar-refractivity contribution in [3.8, 4) is 28.4 Å². The average Bonchev–Trinajstić information content (AvgIpc) is 2.88. The van der Waals surface area contributed by atoms with E-state index in [0.717, 1.165) is 16.7 Å². The molecule has 6 heteroatoms. The molecule has 0 saturated heterocycles. The maximum atomic E-state index is 12.3. The molecular formula is C26H32O6. The summed E-state index contributed by atoms with van der Waals surface area (Å²) in [5.41, 5.74) is 1.68. The van der Waals surface area contributed by atoms with Crippen LogP contribution in [0.2, 0.25) is 0 Å². The summed E-state index contributed by atoms with van der Waals surface area (Å²) in [5.74, 6) is 1.43. The Hall–Kier alpha value is -2.99. The van der Waals surface area contributed by atoms with Crippen molar-refractivity contribution in [2.45, 2.75) is 51.9 Å². The maximum absolute atomic E-state index is 12.3. The second-order valence-corrected chi connectivity index (χ2v) is 8.93. The highest BCUT2D eigenvalue weighted by molar-refractivity contribution is 5.93. The molecule has 0 unspecified atom stereocenters. The molecule has 1 aliphatic rings. The van der Waals surface area contributed by atoms with Gasteiger partial charge in [0.25, 0.3) is 0 Å². The van der Waals surface area contributed by atoms with Gasteiger partial charge < -0.3 is 23.7 Å². The standard InChI is InChI=1S/C26H32O6/c1-9-25(3,4)32-23-15-30-20-11-10-17(13-22(20)31-26(23,5)6)18-12-19(24(27)29-8)16(2)21(14-18)28-7/h9-14,23H,1,15H2,2-8H3/t23-/m0/s1. The molecule has 0 N–H and O–H groups in total. The molecule has 1 aliphatic heterocycles. The van der Waals surface area contributed by atoms with Crippen LogP contribution in [0.3, 0.4) is 0 Å². The molecule has 0 fully saturated rings. The summed E-state index contributed by atoms with van der Waals surface area (Å²) >= 11 is 0. The van der Waals surface area contributed by atoms with Gasteiger partial charge in [0.1, 0.15) is 24.1 Å². The molecule has 172 valence electrons. The van der Waals surface area contributed by atoms with Crippen LogP contribution in [0.25, 0.3) is 11.1 Å². The zero-order chi connectivity index (χ0) is 23.7. The van der Waals surface area contributed by atoms with Crippen molar-refractivity contribution in [1.29, 1.82) is 0 Å². The molecule has 0 bridgehead atoms. The first kappa shape index (κ1) is 23.7. The summed E-state index contributed by atoms with van der Waals surface area (Å²) in [5, 5.41) is 0. The van der Waals surface area contributed by atoms with E-state index < -0.39 is 17.2 Å². The fraction of sp³-hybridized carbons (Fsp3) is 0.423. The quantitative estimate of drug-likeness (QED) is 0.445. The van der Waals surface area contributed by atoms with Crippen LogP contribution in [-0.4, -0.2) is 44.1 Å². The number of esters is 1. The Morgan fingerprint density at radius 1 is 1.16 bits per heavy atom. The smallest absolute Gasteiger partial charge is 0.338 e. The summed E-state index contributed by atoms with van der Waals surface area (Å²) in [6, 6.07) is 9.39. The van der Waals surface area contributed by atoms with E-state index >= 15 is 0 Å². The lowest BCUT2D eigenvalue weighted by molar-refractivity contribution is -0.129. The largest absolute Gasteiger partial charge is 0.496 e. The summed E-state index contributed by atoms with van der Waals surface area (Å²) in [6.07, 6.45) is 1.46. The second kappa shape index (κ2) is 8.87. The molecule has 0 aromatic heterocycles. The Kier molecular flexibility index (Phi) is 6.56. The van der Waals surface area contributed by atoms with Gasteiger partial charge in [0.05, 0.1) is 25.4 Å². The topological polar surface area (TPSA) is 63.2 Å². The molecule has 0 radical (unpaired) electrons. The molecule has 1 atom stereocenters. The molecule has 3 rings (SSSR count). The number of hydrogen-bond acceptors (Lipinski definition) is 6. The molecule has 0 aliphatic carbocycles. The first-order valence-corrected chi connectivity index (χ1v) is 10.6. The van der Waals surface area contributed by atoms with E-state index in [0.29, 0.717) is 29.4 Å². The SMILES string of the molecule is C=CC(C)(C)O[C@H]1COc2ccc(-c3cc(OC)c(C)c(C(=O)OC)c3)cc2OC1(C)C. The minimum atomic E-state index is -0.647. The molecule has 6 nitrogen and oxygen atoms in total. The van der Waals surface area contributed by atoms with Crippen molar-refractivity contribution >= 4 is 5.97 Å². The van der Waals surface area contributed by atoms with Crippen molar-refractivity contribution in [3.63, 3.8) is 0 Å². The first-order valence-electron chi connectivity index (χ1n) is 10.6. The molecule has 0 amide bonds. The third-order valence-electron chi connectivity index (χ3n) is 5.74. The van der Waals surface area contributed by atoms with Crippen LogP contribution in [0.5, 0.6) is 17.2 Å². The fourth-order valence-electron chi connectivity index (χ4n) is 3.58. The van der Waals surface area contributed by atoms with E-state index in [2.05, 4.69) is 6.58 Å². The van der Waals surface area contributed by atoms with Gasteiger partial charge in [-0.25, -0.2) is 4.79 Å². The van der Waals surface area contributed by atoms with E-state index in [1.165, 1.54) is 7.11 Å². The Morgan fingerprint density at radius 3 is 2.50 bits per heavy atom. The molecule has 32 heavy (non-hydrogen) atoms. The van der Waals surface area contributed by atoms with Crippen LogP contribution in [0.4, 0.5) is 0 Å². The normalized spacial score (nSPS) is 17.3. The van der Waals surface area contributed by atoms with E-state index in [-0.39, 0.29) is 6.10 Å². The number of rotatable bonds is 6. The van der Waals surface area contributed by atoms with Crippen LogP contribution in [0.15, 0.2) is 43.0 Å². The third-order valence-corrected chi connectivity index (χ3v) is 5.74. The van der Waals surface area contributed by atoms with Gasteiger partial charge in [-0.15, -0.1) is 6.58 Å². The zero-order valence-electron chi connectivity index (χ0n) is 19.9. The lowest BCUT2D eigenvalue weighted by Crippen LogP contribution is -2.49. The van der Waals surface area contributed by atoms with E-state index in [4.69, 9.17) is 23.7 Å². The zero-order valence-corrected chi connectivity index (χ0v) is 19.9. The van der Waals surface area contributed by atoms with Gasteiger partial charge in [0, 0.05) is 5.56 Å². The van der Waals surface area contributed by atoms with Gasteiger partial charge >= 0.3 is 5.97 Å². The van der Waals surface area contributed by atoms with Crippen LogP contribution in [0.1, 0.15) is 43.6 Å². The Morgan fingerprint density at radius 2 is 1.88 bits per heavy atom. The summed E-state index contributed by atoms with van der Waals surface area (Å²) < 4.78 is 29.1. The number of carbonyl (C=O) groups excluding carboxylic acids is 1. The van der Waals surface area contributed by atoms with Crippen LogP contribution < -0.4 is 14.2 Å². The van der Waals surface area contributed by atoms with Gasteiger partial charge in [0.2, 0.25) is 0 Å². The van der Waals surface area contributed by atoms with Gasteiger partial charge in [-0.05, 0) is 70.0 Å². The monoisotopic (exact) mass is 440 g/mol. The number of ether oxygens (including phenoxy) is 5. The molecule has 2 aromatic rings. The van der Waals surface area contributed by atoms with E-state index in [1.54, 1.807) is 19.3 Å². The maximum Gasteiger partial charge on any atom is 0.338 e. The van der Waals surface area contributed by atoms with Crippen LogP contribution in [-0.2, 0) is 9.47 Å². The predicted molar refractivity (Wildman–Crippen MR) is 124 cm³/mol. The minimum absolute atomic E-state index is 0.309. The molecular weight excluding hydrogens is 408 g/mol. The summed E-state index contributed by atoms with van der Waals surface area (Å²) in [4.78, 5) is 12.3. The van der Waals surface area contributed by atoms with Gasteiger partial charge in [-0.3, -0.25) is 0 Å². The van der Waals surface area contributed by atoms with Gasteiger partial charge in [-0.2, -0.15) is 0 Å². The van der Waals surface area contributed by atoms with Crippen molar-refractivity contribution in [1.82, 2.24) is 0 Å².